The average molecular weight is 368 g/mol. The predicted octanol–water partition coefficient (Wildman–Crippen LogP) is 3.16. The fourth-order valence-corrected chi connectivity index (χ4v) is 3.78. The van der Waals surface area contributed by atoms with Gasteiger partial charge >= 0.3 is 0 Å². The van der Waals surface area contributed by atoms with Crippen molar-refractivity contribution in [3.63, 3.8) is 0 Å². The molecule has 0 aliphatic heterocycles. The minimum atomic E-state index is -3.86. The van der Waals surface area contributed by atoms with Gasteiger partial charge in [0, 0.05) is 11.8 Å². The summed E-state index contributed by atoms with van der Waals surface area (Å²) in [7, 11) is -3.86. The standard InChI is InChI=1S/C19H16N2O4S/c22-19(20-23)12-10-15-6-3-4-8-18(15)26(24,25)21-17-11-9-14-5-1-2-7-16(14)13-17/h1-13,21,23H,(H,20,22)/b12-10+. The van der Waals surface area contributed by atoms with Crippen molar-refractivity contribution in [2.24, 2.45) is 0 Å². The Labute approximate surface area is 150 Å². The van der Waals surface area contributed by atoms with Crippen molar-refractivity contribution in [3.05, 3.63) is 78.4 Å². The maximum atomic E-state index is 12.8. The summed E-state index contributed by atoms with van der Waals surface area (Å²) in [6.45, 7) is 0. The Hall–Kier alpha value is -3.16. The number of benzene rings is 3. The lowest BCUT2D eigenvalue weighted by Crippen LogP contribution is -2.16. The number of hydroxylamine groups is 1. The Morgan fingerprint density at radius 1 is 0.923 bits per heavy atom. The fourth-order valence-electron chi connectivity index (χ4n) is 2.53. The van der Waals surface area contributed by atoms with Crippen LogP contribution < -0.4 is 10.2 Å². The highest BCUT2D eigenvalue weighted by Crippen LogP contribution is 2.23. The lowest BCUT2D eigenvalue weighted by Gasteiger charge is -2.11. The Bertz CT molecular complexity index is 1090. The van der Waals surface area contributed by atoms with Crippen LogP contribution in [0.4, 0.5) is 5.69 Å². The summed E-state index contributed by atoms with van der Waals surface area (Å²) in [5.74, 6) is -0.750. The van der Waals surface area contributed by atoms with E-state index in [1.807, 2.05) is 30.3 Å². The van der Waals surface area contributed by atoms with E-state index in [9.17, 15) is 13.2 Å². The van der Waals surface area contributed by atoms with Gasteiger partial charge in [-0.3, -0.25) is 14.7 Å². The number of fused-ring (bicyclic) bond motifs is 1. The molecule has 0 aliphatic rings. The van der Waals surface area contributed by atoms with Crippen molar-refractivity contribution >= 4 is 38.5 Å². The van der Waals surface area contributed by atoms with E-state index in [2.05, 4.69) is 4.72 Å². The van der Waals surface area contributed by atoms with Crippen LogP contribution >= 0.6 is 0 Å². The number of sulfonamides is 1. The zero-order valence-corrected chi connectivity index (χ0v) is 14.4. The SMILES string of the molecule is O=C(/C=C/c1ccccc1S(=O)(=O)Nc1ccc2ccccc2c1)NO. The number of hydrogen-bond acceptors (Lipinski definition) is 4. The molecular weight excluding hydrogens is 352 g/mol. The van der Waals surface area contributed by atoms with E-state index >= 15 is 0 Å². The van der Waals surface area contributed by atoms with Gasteiger partial charge in [-0.2, -0.15) is 0 Å². The number of nitrogens with one attached hydrogen (secondary N) is 2. The summed E-state index contributed by atoms with van der Waals surface area (Å²) < 4.78 is 28.1. The van der Waals surface area contributed by atoms with Gasteiger partial charge in [-0.05, 0) is 40.6 Å². The van der Waals surface area contributed by atoms with Gasteiger partial charge in [0.15, 0.2) is 0 Å². The highest BCUT2D eigenvalue weighted by molar-refractivity contribution is 7.92. The molecule has 0 unspecified atom stereocenters. The molecule has 0 atom stereocenters. The van der Waals surface area contributed by atoms with Crippen LogP contribution in [0.1, 0.15) is 5.56 Å². The zero-order chi connectivity index (χ0) is 18.6. The van der Waals surface area contributed by atoms with E-state index < -0.39 is 15.9 Å². The first-order valence-electron chi connectivity index (χ1n) is 7.72. The van der Waals surface area contributed by atoms with Crippen LogP contribution in [0.2, 0.25) is 0 Å². The van der Waals surface area contributed by atoms with Crippen molar-refractivity contribution in [1.82, 2.24) is 5.48 Å². The molecule has 26 heavy (non-hydrogen) atoms. The molecule has 0 fully saturated rings. The number of anilines is 1. The molecule has 3 rings (SSSR count). The van der Waals surface area contributed by atoms with E-state index in [1.54, 1.807) is 30.3 Å². The van der Waals surface area contributed by atoms with Crippen molar-refractivity contribution in [2.75, 3.05) is 4.72 Å². The van der Waals surface area contributed by atoms with E-state index in [-0.39, 0.29) is 4.90 Å². The number of amides is 1. The molecule has 0 saturated carbocycles. The molecule has 0 radical (unpaired) electrons. The summed E-state index contributed by atoms with van der Waals surface area (Å²) in [4.78, 5) is 11.2. The van der Waals surface area contributed by atoms with Crippen molar-refractivity contribution in [3.8, 4) is 0 Å². The lowest BCUT2D eigenvalue weighted by molar-refractivity contribution is -0.124. The van der Waals surface area contributed by atoms with Crippen LogP contribution in [-0.2, 0) is 14.8 Å². The first kappa shape index (κ1) is 17.7. The van der Waals surface area contributed by atoms with Crippen LogP contribution in [0.25, 0.3) is 16.8 Å². The third-order valence-electron chi connectivity index (χ3n) is 3.73. The smallest absolute Gasteiger partial charge is 0.267 e. The molecule has 3 aromatic carbocycles. The monoisotopic (exact) mass is 368 g/mol. The van der Waals surface area contributed by atoms with Gasteiger partial charge in [0.2, 0.25) is 0 Å². The topological polar surface area (TPSA) is 95.5 Å². The molecule has 0 aromatic heterocycles. The number of carbonyl (C=O) groups excluding carboxylic acids is 1. The maximum Gasteiger partial charge on any atom is 0.267 e. The summed E-state index contributed by atoms with van der Waals surface area (Å²) >= 11 is 0. The third kappa shape index (κ3) is 3.90. The molecule has 3 N–H and O–H groups in total. The fraction of sp³-hybridized carbons (Fsp3) is 0. The van der Waals surface area contributed by atoms with Gasteiger partial charge in [0.25, 0.3) is 15.9 Å². The van der Waals surface area contributed by atoms with Gasteiger partial charge < -0.3 is 0 Å². The molecule has 7 heteroatoms. The molecule has 0 saturated heterocycles. The van der Waals surface area contributed by atoms with Crippen LogP contribution in [0, 0.1) is 0 Å². The molecule has 132 valence electrons. The summed E-state index contributed by atoms with van der Waals surface area (Å²) in [6, 6.07) is 19.2. The molecule has 0 aliphatic carbocycles. The average Bonchev–Trinajstić information content (AvgIpc) is 2.66. The molecule has 0 heterocycles. The van der Waals surface area contributed by atoms with Crippen LogP contribution in [-0.4, -0.2) is 19.5 Å². The molecule has 0 spiro atoms. The Morgan fingerprint density at radius 3 is 2.38 bits per heavy atom. The van der Waals surface area contributed by atoms with Crippen LogP contribution in [0.15, 0.2) is 77.7 Å². The van der Waals surface area contributed by atoms with Gasteiger partial charge in [-0.1, -0.05) is 48.5 Å². The van der Waals surface area contributed by atoms with E-state index in [0.29, 0.717) is 11.3 Å². The number of hydrogen-bond donors (Lipinski definition) is 3. The lowest BCUT2D eigenvalue weighted by atomic mass is 10.1. The van der Waals surface area contributed by atoms with Crippen molar-refractivity contribution < 1.29 is 18.4 Å². The number of rotatable bonds is 5. The first-order chi connectivity index (χ1) is 12.5. The second-order valence-corrected chi connectivity index (χ2v) is 7.17. The third-order valence-corrected chi connectivity index (χ3v) is 5.19. The minimum absolute atomic E-state index is 0.0233. The molecule has 6 nitrogen and oxygen atoms in total. The largest absolute Gasteiger partial charge is 0.288 e. The summed E-state index contributed by atoms with van der Waals surface area (Å²) in [5, 5.41) is 10.5. The van der Waals surface area contributed by atoms with E-state index in [1.165, 1.54) is 17.6 Å². The normalized spacial score (nSPS) is 11.6. The first-order valence-corrected chi connectivity index (χ1v) is 9.21. The van der Waals surface area contributed by atoms with Crippen molar-refractivity contribution in [2.45, 2.75) is 4.90 Å². The molecule has 3 aromatic rings. The highest BCUT2D eigenvalue weighted by Gasteiger charge is 2.17. The van der Waals surface area contributed by atoms with Gasteiger partial charge in [-0.15, -0.1) is 0 Å². The Kier molecular flexibility index (Phi) is 5.01. The highest BCUT2D eigenvalue weighted by atomic mass is 32.2. The maximum absolute atomic E-state index is 12.8. The van der Waals surface area contributed by atoms with Gasteiger partial charge in [0.05, 0.1) is 4.90 Å². The van der Waals surface area contributed by atoms with Gasteiger partial charge in [-0.25, -0.2) is 13.9 Å². The van der Waals surface area contributed by atoms with Gasteiger partial charge in [0.1, 0.15) is 0 Å². The molecule has 0 bridgehead atoms. The summed E-state index contributed by atoms with van der Waals surface area (Å²) in [5.41, 5.74) is 2.22. The Morgan fingerprint density at radius 2 is 1.62 bits per heavy atom. The van der Waals surface area contributed by atoms with Crippen molar-refractivity contribution in [1.29, 1.82) is 0 Å². The molecular formula is C19H16N2O4S. The zero-order valence-electron chi connectivity index (χ0n) is 13.6. The van der Waals surface area contributed by atoms with Crippen LogP contribution in [0.3, 0.4) is 0 Å². The second-order valence-electron chi connectivity index (χ2n) is 5.51. The quantitative estimate of drug-likeness (QED) is 0.366. The predicted molar refractivity (Wildman–Crippen MR) is 100 cm³/mol. The minimum Gasteiger partial charge on any atom is -0.288 e. The van der Waals surface area contributed by atoms with E-state index in [0.717, 1.165) is 16.8 Å². The Balaban J connectivity index is 1.95. The second kappa shape index (κ2) is 7.38. The summed E-state index contributed by atoms with van der Waals surface area (Å²) in [6.07, 6.45) is 2.37. The molecule has 1 amide bonds. The van der Waals surface area contributed by atoms with Crippen LogP contribution in [0.5, 0.6) is 0 Å². The van der Waals surface area contributed by atoms with E-state index in [4.69, 9.17) is 5.21 Å². The number of carbonyl (C=O) groups is 1.